The zero-order chi connectivity index (χ0) is 22.0. The first-order valence-electron chi connectivity index (χ1n) is 11.0. The number of rotatable bonds is 5. The van der Waals surface area contributed by atoms with Crippen molar-refractivity contribution in [3.05, 3.63) is 65.0 Å². The first-order valence-corrected chi connectivity index (χ1v) is 11.0. The Bertz CT molecular complexity index is 952. The normalized spacial score (nSPS) is 19.3. The van der Waals surface area contributed by atoms with Crippen LogP contribution in [0.1, 0.15) is 23.1 Å². The molecule has 0 N–H and O–H groups in total. The first kappa shape index (κ1) is 21.3. The molecule has 6 heteroatoms. The van der Waals surface area contributed by atoms with Crippen LogP contribution in [0.5, 0.6) is 0 Å². The maximum atomic E-state index is 13.1. The Morgan fingerprint density at radius 2 is 1.74 bits per heavy atom. The molecule has 2 aliphatic heterocycles. The highest BCUT2D eigenvalue weighted by Gasteiger charge is 2.37. The summed E-state index contributed by atoms with van der Waals surface area (Å²) in [5.41, 5.74) is 4.81. The van der Waals surface area contributed by atoms with Gasteiger partial charge in [0.05, 0.1) is 5.92 Å². The van der Waals surface area contributed by atoms with E-state index in [0.29, 0.717) is 39.0 Å². The highest BCUT2D eigenvalue weighted by Crippen LogP contribution is 2.26. The van der Waals surface area contributed by atoms with E-state index >= 15 is 0 Å². The molecule has 164 valence electrons. The second-order valence-corrected chi connectivity index (χ2v) is 8.65. The van der Waals surface area contributed by atoms with Crippen molar-refractivity contribution in [3.8, 4) is 0 Å². The van der Waals surface area contributed by atoms with Crippen molar-refractivity contribution in [2.75, 3.05) is 44.2 Å². The van der Waals surface area contributed by atoms with Gasteiger partial charge in [0.2, 0.25) is 11.8 Å². The Balaban J connectivity index is 1.29. The number of piperazine rings is 1. The minimum absolute atomic E-state index is 0.0366. The van der Waals surface area contributed by atoms with Crippen LogP contribution in [0.3, 0.4) is 0 Å². The minimum atomic E-state index is -0.260. The average molecular weight is 424 g/mol. The standard InChI is InChI=1S/C25H30FN3O2/c1-18-4-3-5-23(19(18)2)27-12-14-28(15-13-27)25(31)21-16-24(30)29(17-21)11-10-20-6-8-22(26)9-7-20/h3-9,21H,10-17H2,1-2H3/t21-/m0/s1. The van der Waals surface area contributed by atoms with Crippen molar-refractivity contribution in [2.45, 2.75) is 26.7 Å². The molecule has 0 bridgehead atoms. The molecule has 2 fully saturated rings. The Hall–Kier alpha value is -2.89. The number of carbonyl (C=O) groups excluding carboxylic acids is 2. The second kappa shape index (κ2) is 9.08. The molecule has 2 amide bonds. The van der Waals surface area contributed by atoms with E-state index in [1.54, 1.807) is 17.0 Å². The number of carbonyl (C=O) groups is 2. The third kappa shape index (κ3) is 4.73. The summed E-state index contributed by atoms with van der Waals surface area (Å²) < 4.78 is 13.1. The van der Waals surface area contributed by atoms with Gasteiger partial charge in [-0.3, -0.25) is 9.59 Å². The number of likely N-dealkylation sites (tertiary alicyclic amines) is 1. The van der Waals surface area contributed by atoms with Crippen LogP contribution in [0.25, 0.3) is 0 Å². The molecule has 5 nitrogen and oxygen atoms in total. The van der Waals surface area contributed by atoms with Crippen LogP contribution in [0.2, 0.25) is 0 Å². The largest absolute Gasteiger partial charge is 0.368 e. The highest BCUT2D eigenvalue weighted by molar-refractivity contribution is 5.89. The molecule has 2 saturated heterocycles. The lowest BCUT2D eigenvalue weighted by Crippen LogP contribution is -2.51. The van der Waals surface area contributed by atoms with Crippen molar-refractivity contribution >= 4 is 17.5 Å². The van der Waals surface area contributed by atoms with Crippen LogP contribution in [-0.4, -0.2) is 60.9 Å². The third-order valence-corrected chi connectivity index (χ3v) is 6.66. The van der Waals surface area contributed by atoms with Gasteiger partial charge in [0.25, 0.3) is 0 Å². The van der Waals surface area contributed by atoms with E-state index < -0.39 is 0 Å². The van der Waals surface area contributed by atoms with E-state index in [0.717, 1.165) is 18.7 Å². The number of halogens is 1. The fraction of sp³-hybridized carbons (Fsp3) is 0.440. The monoisotopic (exact) mass is 423 g/mol. The van der Waals surface area contributed by atoms with Gasteiger partial charge < -0.3 is 14.7 Å². The molecule has 4 rings (SSSR count). The van der Waals surface area contributed by atoms with Crippen molar-refractivity contribution in [1.29, 1.82) is 0 Å². The van der Waals surface area contributed by atoms with E-state index in [1.807, 2.05) is 4.90 Å². The topological polar surface area (TPSA) is 43.9 Å². The predicted octanol–water partition coefficient (Wildman–Crippen LogP) is 3.18. The summed E-state index contributed by atoms with van der Waals surface area (Å²) in [5, 5.41) is 0. The van der Waals surface area contributed by atoms with Crippen molar-refractivity contribution < 1.29 is 14.0 Å². The van der Waals surface area contributed by atoms with Gasteiger partial charge in [-0.25, -0.2) is 4.39 Å². The molecule has 2 heterocycles. The molecule has 2 aromatic carbocycles. The van der Waals surface area contributed by atoms with Crippen LogP contribution in [0.15, 0.2) is 42.5 Å². The van der Waals surface area contributed by atoms with Crippen LogP contribution in [0.4, 0.5) is 10.1 Å². The Morgan fingerprint density at radius 3 is 2.45 bits per heavy atom. The van der Waals surface area contributed by atoms with Crippen LogP contribution >= 0.6 is 0 Å². The third-order valence-electron chi connectivity index (χ3n) is 6.66. The number of amides is 2. The average Bonchev–Trinajstić information content (AvgIpc) is 3.15. The van der Waals surface area contributed by atoms with E-state index in [-0.39, 0.29) is 23.5 Å². The summed E-state index contributed by atoms with van der Waals surface area (Å²) in [6.45, 7) is 8.31. The molecule has 0 radical (unpaired) electrons. The highest BCUT2D eigenvalue weighted by atomic mass is 19.1. The van der Waals surface area contributed by atoms with Gasteiger partial charge in [0.1, 0.15) is 5.82 Å². The number of anilines is 1. The second-order valence-electron chi connectivity index (χ2n) is 8.65. The minimum Gasteiger partial charge on any atom is -0.368 e. The van der Waals surface area contributed by atoms with Gasteiger partial charge in [0.15, 0.2) is 0 Å². The molecule has 0 aliphatic carbocycles. The summed E-state index contributed by atoms with van der Waals surface area (Å²) in [6, 6.07) is 12.7. The van der Waals surface area contributed by atoms with Gasteiger partial charge in [-0.1, -0.05) is 24.3 Å². The van der Waals surface area contributed by atoms with E-state index in [1.165, 1.54) is 28.9 Å². The first-order chi connectivity index (χ1) is 14.9. The number of hydrogen-bond donors (Lipinski definition) is 0. The molecule has 0 unspecified atom stereocenters. The smallest absolute Gasteiger partial charge is 0.228 e. The molecule has 2 aromatic rings. The van der Waals surface area contributed by atoms with E-state index in [2.05, 4.69) is 36.9 Å². The van der Waals surface area contributed by atoms with Gasteiger partial charge in [0, 0.05) is 51.4 Å². The van der Waals surface area contributed by atoms with Gasteiger partial charge in [-0.05, 0) is 55.2 Å². The quantitative estimate of drug-likeness (QED) is 0.742. The summed E-state index contributed by atoms with van der Waals surface area (Å²) in [5.74, 6) is -0.384. The summed E-state index contributed by atoms with van der Waals surface area (Å²) >= 11 is 0. The van der Waals surface area contributed by atoms with Crippen LogP contribution in [-0.2, 0) is 16.0 Å². The van der Waals surface area contributed by atoms with Crippen LogP contribution < -0.4 is 4.90 Å². The van der Waals surface area contributed by atoms with Crippen molar-refractivity contribution in [3.63, 3.8) is 0 Å². The van der Waals surface area contributed by atoms with E-state index in [4.69, 9.17) is 0 Å². The maximum absolute atomic E-state index is 13.1. The van der Waals surface area contributed by atoms with Crippen molar-refractivity contribution in [2.24, 2.45) is 5.92 Å². The number of benzene rings is 2. The zero-order valence-electron chi connectivity index (χ0n) is 18.3. The summed E-state index contributed by atoms with van der Waals surface area (Å²) in [6.07, 6.45) is 0.959. The lowest BCUT2D eigenvalue weighted by Gasteiger charge is -2.38. The Labute approximate surface area is 183 Å². The maximum Gasteiger partial charge on any atom is 0.228 e. The number of nitrogens with zero attached hydrogens (tertiary/aromatic N) is 3. The predicted molar refractivity (Wildman–Crippen MR) is 120 cm³/mol. The van der Waals surface area contributed by atoms with Gasteiger partial charge >= 0.3 is 0 Å². The molecular weight excluding hydrogens is 393 g/mol. The fourth-order valence-corrected chi connectivity index (χ4v) is 4.57. The van der Waals surface area contributed by atoms with Gasteiger partial charge in [-0.15, -0.1) is 0 Å². The lowest BCUT2D eigenvalue weighted by atomic mass is 10.1. The fourth-order valence-electron chi connectivity index (χ4n) is 4.57. The van der Waals surface area contributed by atoms with E-state index in [9.17, 15) is 14.0 Å². The summed E-state index contributed by atoms with van der Waals surface area (Å²) in [7, 11) is 0. The number of aryl methyl sites for hydroxylation is 1. The molecule has 1 atom stereocenters. The summed E-state index contributed by atoms with van der Waals surface area (Å²) in [4.78, 5) is 31.5. The Kier molecular flexibility index (Phi) is 6.25. The van der Waals surface area contributed by atoms with Crippen LogP contribution in [0, 0.1) is 25.6 Å². The lowest BCUT2D eigenvalue weighted by molar-refractivity contribution is -0.136. The molecule has 2 aliphatic rings. The molecular formula is C25H30FN3O2. The van der Waals surface area contributed by atoms with Crippen molar-refractivity contribution in [1.82, 2.24) is 9.80 Å². The molecule has 0 aromatic heterocycles. The molecule has 0 saturated carbocycles. The molecule has 0 spiro atoms. The number of hydrogen-bond acceptors (Lipinski definition) is 3. The SMILES string of the molecule is Cc1cccc(N2CCN(C(=O)[C@H]3CC(=O)N(CCc4ccc(F)cc4)C3)CC2)c1C. The molecule has 31 heavy (non-hydrogen) atoms. The van der Waals surface area contributed by atoms with Gasteiger partial charge in [-0.2, -0.15) is 0 Å². The zero-order valence-corrected chi connectivity index (χ0v) is 18.3. The Morgan fingerprint density at radius 1 is 1.03 bits per heavy atom.